The zero-order chi connectivity index (χ0) is 23.9. The molecule has 0 heterocycles. The molecule has 0 unspecified atom stereocenters. The summed E-state index contributed by atoms with van der Waals surface area (Å²) in [7, 11) is 0. The van der Waals surface area contributed by atoms with Gasteiger partial charge in [0.15, 0.2) is 5.78 Å². The van der Waals surface area contributed by atoms with Crippen molar-refractivity contribution in [2.75, 3.05) is 24.7 Å². The van der Waals surface area contributed by atoms with Gasteiger partial charge in [0.25, 0.3) is 0 Å². The predicted octanol–water partition coefficient (Wildman–Crippen LogP) is 5.52. The topological polar surface area (TPSA) is 93.1 Å². The quantitative estimate of drug-likeness (QED) is 0.337. The maximum atomic E-state index is 12.4. The highest BCUT2D eigenvalue weighted by atomic mass is 32.2. The molecule has 0 fully saturated rings. The molecule has 0 aliphatic carbocycles. The van der Waals surface area contributed by atoms with Crippen molar-refractivity contribution in [3.8, 4) is 17.2 Å². The van der Waals surface area contributed by atoms with Crippen molar-refractivity contribution in [2.24, 2.45) is 5.41 Å². The van der Waals surface area contributed by atoms with Gasteiger partial charge in [0.05, 0.1) is 24.3 Å². The Balaban J connectivity index is 1.78. The average Bonchev–Trinajstić information content (AvgIpc) is 2.69. The number of Topliss-reactive ketones (excluding diaryl/α,β-unsaturated/α-hetero) is 1. The van der Waals surface area contributed by atoms with E-state index in [9.17, 15) is 19.8 Å². The van der Waals surface area contributed by atoms with Gasteiger partial charge in [0.1, 0.15) is 17.2 Å². The monoisotopic (exact) mass is 460 g/mol. The summed E-state index contributed by atoms with van der Waals surface area (Å²) < 4.78 is 11.5. The molecule has 0 radical (unpaired) electrons. The summed E-state index contributed by atoms with van der Waals surface area (Å²) >= 11 is 1.65. The molecule has 32 heavy (non-hydrogen) atoms. The van der Waals surface area contributed by atoms with Crippen molar-refractivity contribution in [3.05, 3.63) is 52.6 Å². The number of ether oxygens (including phenoxy) is 2. The van der Waals surface area contributed by atoms with Crippen LogP contribution in [0.5, 0.6) is 17.2 Å². The fraction of sp³-hybridized carbons (Fsp3) is 0.440. The molecule has 0 bridgehead atoms. The maximum absolute atomic E-state index is 12.4. The molecule has 2 aromatic carbocycles. The van der Waals surface area contributed by atoms with E-state index in [1.165, 1.54) is 0 Å². The minimum absolute atomic E-state index is 0.0169. The first-order valence-corrected chi connectivity index (χ1v) is 11.7. The van der Waals surface area contributed by atoms with Crippen LogP contribution in [0.3, 0.4) is 0 Å². The van der Waals surface area contributed by atoms with Crippen LogP contribution in [0.15, 0.2) is 30.3 Å². The molecule has 0 aliphatic rings. The van der Waals surface area contributed by atoms with Gasteiger partial charge < -0.3 is 19.7 Å². The number of aromatic carboxylic acids is 1. The van der Waals surface area contributed by atoms with Gasteiger partial charge in [-0.15, -0.1) is 0 Å². The Morgan fingerprint density at radius 1 is 0.906 bits per heavy atom. The third-order valence-electron chi connectivity index (χ3n) is 4.86. The first-order chi connectivity index (χ1) is 15.0. The second kappa shape index (κ2) is 11.3. The van der Waals surface area contributed by atoms with E-state index in [1.54, 1.807) is 55.9 Å². The molecule has 0 spiro atoms. The van der Waals surface area contributed by atoms with Gasteiger partial charge in [-0.25, -0.2) is 4.79 Å². The fourth-order valence-electron chi connectivity index (χ4n) is 3.17. The van der Waals surface area contributed by atoms with Crippen LogP contribution in [0, 0.1) is 19.3 Å². The van der Waals surface area contributed by atoms with Crippen molar-refractivity contribution >= 4 is 23.5 Å². The number of hydrogen-bond donors (Lipinski definition) is 2. The van der Waals surface area contributed by atoms with Crippen LogP contribution in [-0.2, 0) is 0 Å². The second-order valence-corrected chi connectivity index (χ2v) is 10.0. The Hall–Kier alpha value is -2.67. The first-order valence-electron chi connectivity index (χ1n) is 10.5. The summed E-state index contributed by atoms with van der Waals surface area (Å²) in [6, 6.07) is 8.36. The van der Waals surface area contributed by atoms with E-state index < -0.39 is 5.97 Å². The van der Waals surface area contributed by atoms with Crippen molar-refractivity contribution in [2.45, 2.75) is 41.0 Å². The van der Waals surface area contributed by atoms with Gasteiger partial charge in [0, 0.05) is 29.1 Å². The third-order valence-corrected chi connectivity index (χ3v) is 5.77. The number of thioether (sulfide) groups is 1. The summed E-state index contributed by atoms with van der Waals surface area (Å²) in [5, 5.41) is 19.6. The number of phenols is 1. The molecule has 2 N–H and O–H groups in total. The molecule has 7 heteroatoms. The zero-order valence-corrected chi connectivity index (χ0v) is 20.2. The van der Waals surface area contributed by atoms with Crippen LogP contribution in [-0.4, -0.2) is 46.7 Å². The maximum Gasteiger partial charge on any atom is 0.336 e. The zero-order valence-electron chi connectivity index (χ0n) is 19.4. The van der Waals surface area contributed by atoms with E-state index in [2.05, 4.69) is 0 Å². The summed E-state index contributed by atoms with van der Waals surface area (Å²) in [6.07, 6.45) is 0.360. The van der Waals surface area contributed by atoms with Crippen LogP contribution in [0.4, 0.5) is 0 Å². The van der Waals surface area contributed by atoms with Crippen molar-refractivity contribution in [1.82, 2.24) is 0 Å². The van der Waals surface area contributed by atoms with Gasteiger partial charge in [-0.2, -0.15) is 11.8 Å². The number of carbonyl (C=O) groups excluding carboxylic acids is 1. The number of hydrogen-bond acceptors (Lipinski definition) is 6. The SMILES string of the molecule is Cc1c(OCCSCCOc2ccc(C(=O)CC(C)(C)C)c(O)c2C)cccc1C(=O)O. The summed E-state index contributed by atoms with van der Waals surface area (Å²) in [5.74, 6) is 1.53. The Morgan fingerprint density at radius 2 is 1.50 bits per heavy atom. The highest BCUT2D eigenvalue weighted by Gasteiger charge is 2.21. The molecule has 0 aromatic heterocycles. The van der Waals surface area contributed by atoms with E-state index in [-0.39, 0.29) is 22.5 Å². The first kappa shape index (κ1) is 25.6. The predicted molar refractivity (Wildman–Crippen MR) is 128 cm³/mol. The molecule has 0 amide bonds. The van der Waals surface area contributed by atoms with Gasteiger partial charge in [-0.1, -0.05) is 26.8 Å². The number of carboxylic acid groups (broad SMARTS) is 1. The van der Waals surface area contributed by atoms with Crippen LogP contribution in [0.25, 0.3) is 0 Å². The normalized spacial score (nSPS) is 11.3. The Kier molecular flexibility index (Phi) is 9.01. The van der Waals surface area contributed by atoms with Crippen LogP contribution in [0.2, 0.25) is 0 Å². The Labute approximate surface area is 193 Å². The van der Waals surface area contributed by atoms with Gasteiger partial charge >= 0.3 is 5.97 Å². The van der Waals surface area contributed by atoms with Crippen LogP contribution >= 0.6 is 11.8 Å². The van der Waals surface area contributed by atoms with Crippen LogP contribution in [0.1, 0.15) is 59.0 Å². The minimum Gasteiger partial charge on any atom is -0.507 e. The van der Waals surface area contributed by atoms with Gasteiger partial charge in [-0.3, -0.25) is 4.79 Å². The van der Waals surface area contributed by atoms with E-state index in [0.717, 1.165) is 11.5 Å². The molecule has 0 aliphatic heterocycles. The smallest absolute Gasteiger partial charge is 0.336 e. The lowest BCUT2D eigenvalue weighted by atomic mass is 9.87. The molecule has 2 aromatic rings. The van der Waals surface area contributed by atoms with Crippen LogP contribution < -0.4 is 9.47 Å². The molecule has 6 nitrogen and oxygen atoms in total. The lowest BCUT2D eigenvalue weighted by Gasteiger charge is -2.18. The van der Waals surface area contributed by atoms with Gasteiger partial charge in [-0.05, 0) is 43.5 Å². The Bertz CT molecular complexity index is 962. The Morgan fingerprint density at radius 3 is 2.06 bits per heavy atom. The minimum atomic E-state index is -0.965. The number of phenolic OH excluding ortho intramolecular Hbond substituents is 1. The molecule has 174 valence electrons. The molecule has 2 rings (SSSR count). The summed E-state index contributed by atoms with van der Waals surface area (Å²) in [6.45, 7) is 10.4. The number of aromatic hydroxyl groups is 1. The molecular weight excluding hydrogens is 428 g/mol. The van der Waals surface area contributed by atoms with Gasteiger partial charge in [0.2, 0.25) is 0 Å². The van der Waals surface area contributed by atoms with Crippen molar-refractivity contribution in [3.63, 3.8) is 0 Å². The lowest BCUT2D eigenvalue weighted by molar-refractivity contribution is 0.0695. The highest BCUT2D eigenvalue weighted by Crippen LogP contribution is 2.33. The van der Waals surface area contributed by atoms with Crippen molar-refractivity contribution in [1.29, 1.82) is 0 Å². The third kappa shape index (κ3) is 7.19. The number of carboxylic acids is 1. The van der Waals surface area contributed by atoms with E-state index >= 15 is 0 Å². The lowest BCUT2D eigenvalue weighted by Crippen LogP contribution is -2.13. The molecule has 0 atom stereocenters. The molecule has 0 saturated carbocycles. The number of carbonyl (C=O) groups is 2. The molecule has 0 saturated heterocycles. The highest BCUT2D eigenvalue weighted by molar-refractivity contribution is 7.99. The van der Waals surface area contributed by atoms with Crippen molar-refractivity contribution < 1.29 is 29.3 Å². The van der Waals surface area contributed by atoms with E-state index in [4.69, 9.17) is 9.47 Å². The largest absolute Gasteiger partial charge is 0.507 e. The second-order valence-electron chi connectivity index (χ2n) is 8.79. The number of ketones is 1. The fourth-order valence-corrected chi connectivity index (χ4v) is 3.77. The van der Waals surface area contributed by atoms with E-state index in [1.807, 2.05) is 20.8 Å². The summed E-state index contributed by atoms with van der Waals surface area (Å²) in [5.41, 5.74) is 1.61. The number of benzene rings is 2. The van der Waals surface area contributed by atoms with E-state index in [0.29, 0.717) is 47.8 Å². The number of rotatable bonds is 11. The standard InChI is InChI=1S/C25H32O6S/c1-16-18(24(28)29)7-6-8-21(16)30-11-13-32-14-12-31-22-10-9-19(23(27)17(22)2)20(26)15-25(3,4)5/h6-10,27H,11-15H2,1-5H3,(H,28,29). The average molecular weight is 461 g/mol. The molecular formula is C25H32O6S. The summed E-state index contributed by atoms with van der Waals surface area (Å²) in [4.78, 5) is 23.6.